The van der Waals surface area contributed by atoms with Gasteiger partial charge in [-0.15, -0.1) is 0 Å². The summed E-state index contributed by atoms with van der Waals surface area (Å²) >= 11 is 0. The van der Waals surface area contributed by atoms with E-state index < -0.39 is 0 Å². The number of hydrogen-bond acceptors (Lipinski definition) is 4. The van der Waals surface area contributed by atoms with E-state index >= 15 is 0 Å². The fourth-order valence-electron chi connectivity index (χ4n) is 2.69. The molecule has 3 rings (SSSR count). The topological polar surface area (TPSA) is 54.4 Å². The van der Waals surface area contributed by atoms with Gasteiger partial charge in [0.05, 0.1) is 17.7 Å². The molecule has 1 aromatic carbocycles. The number of likely N-dealkylation sites (N-methyl/N-ethyl adjacent to an activating group) is 1. The molecule has 0 bridgehead atoms. The zero-order chi connectivity index (χ0) is 14.0. The van der Waals surface area contributed by atoms with Gasteiger partial charge in [0, 0.05) is 11.6 Å². The quantitative estimate of drug-likeness (QED) is 0.844. The second-order valence-corrected chi connectivity index (χ2v) is 5.45. The van der Waals surface area contributed by atoms with E-state index in [9.17, 15) is 5.11 Å². The minimum absolute atomic E-state index is 0.0944. The van der Waals surface area contributed by atoms with Crippen LogP contribution >= 0.6 is 0 Å². The Bertz CT molecular complexity index is 587. The van der Waals surface area contributed by atoms with Crippen molar-refractivity contribution in [3.63, 3.8) is 0 Å². The highest BCUT2D eigenvalue weighted by Crippen LogP contribution is 2.40. The van der Waals surface area contributed by atoms with E-state index in [-0.39, 0.29) is 12.1 Å². The van der Waals surface area contributed by atoms with Gasteiger partial charge in [-0.1, -0.05) is 6.07 Å². The predicted octanol–water partition coefficient (Wildman–Crippen LogP) is 1.97. The molecule has 0 saturated heterocycles. The third-order valence-corrected chi connectivity index (χ3v) is 4.23. The molecule has 2 N–H and O–H groups in total. The van der Waals surface area contributed by atoms with Gasteiger partial charge in [0.2, 0.25) is 0 Å². The van der Waals surface area contributed by atoms with Crippen molar-refractivity contribution >= 4 is 10.9 Å². The van der Waals surface area contributed by atoms with Crippen LogP contribution in [-0.2, 0) is 0 Å². The number of pyridine rings is 1. The number of benzene rings is 1. The molecular weight excluding hydrogens is 252 g/mol. The first-order chi connectivity index (χ1) is 9.79. The number of nitrogens with one attached hydrogen (secondary N) is 1. The Labute approximate surface area is 118 Å². The summed E-state index contributed by atoms with van der Waals surface area (Å²) in [6.45, 7) is 0.565. The Kier molecular flexibility index (Phi) is 3.59. The number of fused-ring (bicyclic) bond motifs is 1. The normalized spacial score (nSPS) is 17.9. The van der Waals surface area contributed by atoms with E-state index in [1.54, 1.807) is 6.20 Å². The second kappa shape index (κ2) is 5.38. The molecule has 1 atom stereocenters. The summed E-state index contributed by atoms with van der Waals surface area (Å²) in [4.78, 5) is 4.33. The first kappa shape index (κ1) is 13.3. The lowest BCUT2D eigenvalue weighted by molar-refractivity contribution is 0.0922. The Morgan fingerprint density at radius 3 is 2.90 bits per heavy atom. The predicted molar refractivity (Wildman–Crippen MR) is 78.8 cm³/mol. The van der Waals surface area contributed by atoms with Crippen LogP contribution in [-0.4, -0.2) is 35.9 Å². The van der Waals surface area contributed by atoms with Gasteiger partial charge < -0.3 is 15.2 Å². The molecule has 1 unspecified atom stereocenters. The van der Waals surface area contributed by atoms with Crippen LogP contribution in [0.25, 0.3) is 10.9 Å². The number of hydrogen-bond donors (Lipinski definition) is 2. The van der Waals surface area contributed by atoms with Gasteiger partial charge in [-0.3, -0.25) is 4.98 Å². The third kappa shape index (κ3) is 2.37. The lowest BCUT2D eigenvalue weighted by atomic mass is 9.95. The minimum atomic E-state index is -0.329. The number of nitrogens with zero attached hydrogens (tertiary/aromatic N) is 1. The second-order valence-electron chi connectivity index (χ2n) is 5.45. The van der Waals surface area contributed by atoms with Crippen molar-refractivity contribution in [2.75, 3.05) is 20.3 Å². The van der Waals surface area contributed by atoms with E-state index in [1.165, 1.54) is 0 Å². The van der Waals surface area contributed by atoms with Crippen molar-refractivity contribution in [3.8, 4) is 5.75 Å². The standard InChI is InChI=1S/C16H20N2O2/c1-17-16(10-19,12-7-8-12)11-20-15-6-2-5-14-13(15)4-3-9-18-14/h2-6,9,12,17,19H,7-8,10-11H2,1H3. The van der Waals surface area contributed by atoms with E-state index in [2.05, 4.69) is 10.3 Å². The number of rotatable bonds is 6. The van der Waals surface area contributed by atoms with E-state index in [4.69, 9.17) is 4.74 Å². The summed E-state index contributed by atoms with van der Waals surface area (Å²) in [6.07, 6.45) is 4.09. The van der Waals surface area contributed by atoms with Crippen LogP contribution < -0.4 is 10.1 Å². The molecule has 20 heavy (non-hydrogen) atoms. The highest BCUT2D eigenvalue weighted by molar-refractivity contribution is 5.84. The summed E-state index contributed by atoms with van der Waals surface area (Å²) < 4.78 is 6.01. The zero-order valence-corrected chi connectivity index (χ0v) is 11.7. The van der Waals surface area contributed by atoms with Gasteiger partial charge in [0.1, 0.15) is 12.4 Å². The fraction of sp³-hybridized carbons (Fsp3) is 0.438. The lowest BCUT2D eigenvalue weighted by Gasteiger charge is -2.31. The molecule has 4 heteroatoms. The van der Waals surface area contributed by atoms with Gasteiger partial charge in [0.15, 0.2) is 0 Å². The maximum absolute atomic E-state index is 9.72. The maximum atomic E-state index is 9.72. The maximum Gasteiger partial charge on any atom is 0.128 e. The van der Waals surface area contributed by atoms with Gasteiger partial charge in [-0.2, -0.15) is 0 Å². The molecular formula is C16H20N2O2. The van der Waals surface area contributed by atoms with Gasteiger partial charge in [0.25, 0.3) is 0 Å². The summed E-state index contributed by atoms with van der Waals surface area (Å²) in [5.41, 5.74) is 0.597. The number of ether oxygens (including phenoxy) is 1. The van der Waals surface area contributed by atoms with Crippen LogP contribution in [0, 0.1) is 5.92 Å². The van der Waals surface area contributed by atoms with Crippen molar-refractivity contribution in [2.24, 2.45) is 5.92 Å². The average molecular weight is 272 g/mol. The smallest absolute Gasteiger partial charge is 0.128 e. The number of aromatic nitrogens is 1. The molecule has 1 fully saturated rings. The van der Waals surface area contributed by atoms with Crippen LogP contribution in [0.5, 0.6) is 5.75 Å². The van der Waals surface area contributed by atoms with Crippen LogP contribution in [0.3, 0.4) is 0 Å². The highest BCUT2D eigenvalue weighted by atomic mass is 16.5. The molecule has 0 aliphatic heterocycles. The van der Waals surface area contributed by atoms with Crippen molar-refractivity contribution < 1.29 is 9.84 Å². The summed E-state index contributed by atoms with van der Waals surface area (Å²) in [6, 6.07) is 9.79. The van der Waals surface area contributed by atoms with Crippen LogP contribution in [0.15, 0.2) is 36.5 Å². The van der Waals surface area contributed by atoms with Crippen molar-refractivity contribution in [1.29, 1.82) is 0 Å². The molecule has 2 aromatic rings. The lowest BCUT2D eigenvalue weighted by Crippen LogP contribution is -2.53. The highest BCUT2D eigenvalue weighted by Gasteiger charge is 2.44. The molecule has 0 amide bonds. The molecule has 1 aliphatic rings. The first-order valence-electron chi connectivity index (χ1n) is 7.05. The van der Waals surface area contributed by atoms with Crippen LogP contribution in [0.1, 0.15) is 12.8 Å². The zero-order valence-electron chi connectivity index (χ0n) is 11.7. The molecule has 1 saturated carbocycles. The summed E-state index contributed by atoms with van der Waals surface area (Å²) in [5.74, 6) is 1.33. The monoisotopic (exact) mass is 272 g/mol. The largest absolute Gasteiger partial charge is 0.491 e. The molecule has 1 heterocycles. The Morgan fingerprint density at radius 1 is 1.35 bits per heavy atom. The van der Waals surface area contributed by atoms with Gasteiger partial charge in [-0.25, -0.2) is 0 Å². The molecule has 1 aliphatic carbocycles. The van der Waals surface area contributed by atoms with Crippen molar-refractivity contribution in [2.45, 2.75) is 18.4 Å². The number of aliphatic hydroxyl groups excluding tert-OH is 1. The Balaban J connectivity index is 1.83. The number of aliphatic hydroxyl groups is 1. The van der Waals surface area contributed by atoms with Crippen molar-refractivity contribution in [1.82, 2.24) is 10.3 Å². The molecule has 106 valence electrons. The summed E-state index contributed by atoms with van der Waals surface area (Å²) in [7, 11) is 1.89. The Hall–Kier alpha value is -1.65. The molecule has 4 nitrogen and oxygen atoms in total. The SMILES string of the molecule is CNC(CO)(COc1cccc2ncccc12)C1CC1. The van der Waals surface area contributed by atoms with Gasteiger partial charge >= 0.3 is 0 Å². The minimum Gasteiger partial charge on any atom is -0.491 e. The van der Waals surface area contributed by atoms with E-state index in [0.29, 0.717) is 12.5 Å². The third-order valence-electron chi connectivity index (χ3n) is 4.23. The van der Waals surface area contributed by atoms with E-state index in [0.717, 1.165) is 29.5 Å². The molecule has 1 aromatic heterocycles. The fourth-order valence-corrected chi connectivity index (χ4v) is 2.69. The average Bonchev–Trinajstić information content (AvgIpc) is 3.34. The van der Waals surface area contributed by atoms with Gasteiger partial charge in [-0.05, 0) is 50.1 Å². The summed E-state index contributed by atoms with van der Waals surface area (Å²) in [5, 5.41) is 14.0. The van der Waals surface area contributed by atoms with Crippen LogP contribution in [0.4, 0.5) is 0 Å². The molecule has 0 spiro atoms. The Morgan fingerprint density at radius 2 is 2.20 bits per heavy atom. The van der Waals surface area contributed by atoms with Crippen LogP contribution in [0.2, 0.25) is 0 Å². The van der Waals surface area contributed by atoms with Crippen molar-refractivity contribution in [3.05, 3.63) is 36.5 Å². The van der Waals surface area contributed by atoms with E-state index in [1.807, 2.05) is 37.4 Å². The molecule has 0 radical (unpaired) electrons. The first-order valence-corrected chi connectivity index (χ1v) is 7.05.